The van der Waals surface area contributed by atoms with Crippen LogP contribution in [0.25, 0.3) is 0 Å². The van der Waals surface area contributed by atoms with Crippen molar-refractivity contribution >= 4 is 29.1 Å². The van der Waals surface area contributed by atoms with Crippen LogP contribution in [0.1, 0.15) is 11.1 Å². The van der Waals surface area contributed by atoms with Crippen LogP contribution in [-0.4, -0.2) is 4.98 Å². The Bertz CT molecular complexity index is 590. The largest absolute Gasteiger partial charge is 0.397 e. The highest BCUT2D eigenvalue weighted by molar-refractivity contribution is 7.98. The Hall–Kier alpha value is -1.70. The summed E-state index contributed by atoms with van der Waals surface area (Å²) in [7, 11) is 0. The molecule has 0 unspecified atom stereocenters. The zero-order chi connectivity index (χ0) is 13.0. The number of nitriles is 1. The number of nitrogen functional groups attached to an aromatic ring is 1. The van der Waals surface area contributed by atoms with E-state index in [0.29, 0.717) is 21.3 Å². The molecule has 1 aromatic carbocycles. The summed E-state index contributed by atoms with van der Waals surface area (Å²) >= 11 is 7.32. The van der Waals surface area contributed by atoms with E-state index in [1.165, 1.54) is 11.8 Å². The topological polar surface area (TPSA) is 62.7 Å². The number of nitrogens with two attached hydrogens (primary N) is 1. The molecule has 0 aliphatic rings. The Balaban J connectivity index is 2.11. The number of halogens is 1. The van der Waals surface area contributed by atoms with Crippen LogP contribution >= 0.6 is 23.4 Å². The Morgan fingerprint density at radius 1 is 1.33 bits per heavy atom. The number of aromatic nitrogens is 1. The van der Waals surface area contributed by atoms with Crippen LogP contribution in [-0.2, 0) is 5.75 Å². The number of anilines is 1. The van der Waals surface area contributed by atoms with Crippen molar-refractivity contribution < 1.29 is 0 Å². The van der Waals surface area contributed by atoms with Crippen molar-refractivity contribution in [1.29, 1.82) is 5.26 Å². The molecule has 0 saturated carbocycles. The first-order chi connectivity index (χ1) is 8.69. The lowest BCUT2D eigenvalue weighted by molar-refractivity contribution is 1.11. The van der Waals surface area contributed by atoms with Crippen molar-refractivity contribution in [1.82, 2.24) is 4.98 Å². The Kier molecular flexibility index (Phi) is 4.08. The van der Waals surface area contributed by atoms with Gasteiger partial charge in [0.1, 0.15) is 11.1 Å². The molecule has 2 aromatic rings. The molecule has 0 atom stereocenters. The van der Waals surface area contributed by atoms with Crippen molar-refractivity contribution in [3.8, 4) is 6.07 Å². The maximum atomic E-state index is 9.00. The van der Waals surface area contributed by atoms with Gasteiger partial charge in [0.05, 0.1) is 17.4 Å². The van der Waals surface area contributed by atoms with Crippen molar-refractivity contribution in [2.45, 2.75) is 10.8 Å². The van der Waals surface area contributed by atoms with Crippen LogP contribution in [0.4, 0.5) is 5.69 Å². The standard InChI is InChI=1S/C13H10ClN3S/c14-11-3-1-9(2-4-11)8-18-13-10(6-15)5-12(16)7-17-13/h1-5,7H,8,16H2. The first-order valence-electron chi connectivity index (χ1n) is 5.22. The van der Waals surface area contributed by atoms with Crippen molar-refractivity contribution in [3.05, 3.63) is 52.7 Å². The average molecular weight is 276 g/mol. The lowest BCUT2D eigenvalue weighted by Gasteiger charge is -2.04. The second kappa shape index (κ2) is 5.76. The predicted octanol–water partition coefficient (Wildman–Crippen LogP) is 3.48. The number of hydrogen-bond donors (Lipinski definition) is 1. The number of nitrogens with zero attached hydrogens (tertiary/aromatic N) is 2. The fraction of sp³-hybridized carbons (Fsp3) is 0.0769. The van der Waals surface area contributed by atoms with Gasteiger partial charge < -0.3 is 5.73 Å². The van der Waals surface area contributed by atoms with Gasteiger partial charge in [0.25, 0.3) is 0 Å². The van der Waals surface area contributed by atoms with Crippen LogP contribution in [0.15, 0.2) is 41.6 Å². The first kappa shape index (κ1) is 12.7. The third kappa shape index (κ3) is 3.16. The summed E-state index contributed by atoms with van der Waals surface area (Å²) in [6.07, 6.45) is 1.56. The summed E-state index contributed by atoms with van der Waals surface area (Å²) in [6, 6.07) is 11.3. The number of rotatable bonds is 3. The molecule has 0 bridgehead atoms. The van der Waals surface area contributed by atoms with E-state index in [1.807, 2.05) is 24.3 Å². The summed E-state index contributed by atoms with van der Waals surface area (Å²) in [5, 5.41) is 10.4. The summed E-state index contributed by atoms with van der Waals surface area (Å²) in [5.74, 6) is 0.739. The zero-order valence-electron chi connectivity index (χ0n) is 9.43. The molecule has 1 aromatic heterocycles. The highest BCUT2D eigenvalue weighted by Crippen LogP contribution is 2.25. The molecular formula is C13H10ClN3S. The van der Waals surface area contributed by atoms with E-state index < -0.39 is 0 Å². The van der Waals surface area contributed by atoms with Crippen LogP contribution < -0.4 is 5.73 Å². The Morgan fingerprint density at radius 3 is 2.72 bits per heavy atom. The summed E-state index contributed by atoms with van der Waals surface area (Å²) in [5.41, 5.74) is 7.73. The molecule has 18 heavy (non-hydrogen) atoms. The summed E-state index contributed by atoms with van der Waals surface area (Å²) in [4.78, 5) is 4.17. The van der Waals surface area contributed by atoms with Gasteiger partial charge in [0.2, 0.25) is 0 Å². The van der Waals surface area contributed by atoms with E-state index in [-0.39, 0.29) is 0 Å². The fourth-order valence-corrected chi connectivity index (χ4v) is 2.40. The molecule has 5 heteroatoms. The molecule has 0 fully saturated rings. The van der Waals surface area contributed by atoms with E-state index >= 15 is 0 Å². The third-order valence-corrected chi connectivity index (χ3v) is 3.61. The molecule has 0 radical (unpaired) electrons. The SMILES string of the molecule is N#Cc1cc(N)cnc1SCc1ccc(Cl)cc1. The number of benzene rings is 1. The van der Waals surface area contributed by atoms with E-state index in [0.717, 1.165) is 11.3 Å². The first-order valence-corrected chi connectivity index (χ1v) is 6.58. The quantitative estimate of drug-likeness (QED) is 0.871. The molecular weight excluding hydrogens is 266 g/mol. The second-order valence-corrected chi connectivity index (χ2v) is 5.05. The minimum Gasteiger partial charge on any atom is -0.397 e. The number of pyridine rings is 1. The van der Waals surface area contributed by atoms with Gasteiger partial charge in [-0.2, -0.15) is 5.26 Å². The normalized spacial score (nSPS) is 10.0. The van der Waals surface area contributed by atoms with Crippen molar-refractivity contribution in [2.75, 3.05) is 5.73 Å². The van der Waals surface area contributed by atoms with E-state index in [2.05, 4.69) is 11.1 Å². The molecule has 2 rings (SSSR count). The van der Waals surface area contributed by atoms with Gasteiger partial charge in [-0.05, 0) is 23.8 Å². The molecule has 0 spiro atoms. The molecule has 3 nitrogen and oxygen atoms in total. The van der Waals surface area contributed by atoms with Crippen LogP contribution in [0.5, 0.6) is 0 Å². The van der Waals surface area contributed by atoms with Gasteiger partial charge in [-0.15, -0.1) is 11.8 Å². The lowest BCUT2D eigenvalue weighted by atomic mass is 10.2. The summed E-state index contributed by atoms with van der Waals surface area (Å²) in [6.45, 7) is 0. The van der Waals surface area contributed by atoms with Gasteiger partial charge in [-0.1, -0.05) is 23.7 Å². The highest BCUT2D eigenvalue weighted by atomic mass is 35.5. The van der Waals surface area contributed by atoms with Gasteiger partial charge in [-0.25, -0.2) is 4.98 Å². The molecule has 0 amide bonds. The van der Waals surface area contributed by atoms with Crippen molar-refractivity contribution in [2.24, 2.45) is 0 Å². The zero-order valence-corrected chi connectivity index (χ0v) is 11.0. The average Bonchev–Trinajstić information content (AvgIpc) is 2.39. The molecule has 0 saturated heterocycles. The van der Waals surface area contributed by atoms with Gasteiger partial charge >= 0.3 is 0 Å². The van der Waals surface area contributed by atoms with Gasteiger partial charge in [-0.3, -0.25) is 0 Å². The second-order valence-electron chi connectivity index (χ2n) is 3.65. The minimum atomic E-state index is 0.502. The number of hydrogen-bond acceptors (Lipinski definition) is 4. The summed E-state index contributed by atoms with van der Waals surface area (Å²) < 4.78 is 0. The van der Waals surface area contributed by atoms with Crippen LogP contribution in [0.3, 0.4) is 0 Å². The van der Waals surface area contributed by atoms with E-state index in [9.17, 15) is 0 Å². The fourth-order valence-electron chi connectivity index (χ4n) is 1.40. The number of thioether (sulfide) groups is 1. The molecule has 1 heterocycles. The molecule has 90 valence electrons. The molecule has 0 aliphatic heterocycles. The van der Waals surface area contributed by atoms with E-state index in [1.54, 1.807) is 12.3 Å². The minimum absolute atomic E-state index is 0.502. The van der Waals surface area contributed by atoms with Gasteiger partial charge in [0, 0.05) is 10.8 Å². The Labute approximate surface area is 115 Å². The lowest BCUT2D eigenvalue weighted by Crippen LogP contribution is -1.92. The van der Waals surface area contributed by atoms with Gasteiger partial charge in [0.15, 0.2) is 0 Å². The van der Waals surface area contributed by atoms with Crippen molar-refractivity contribution in [3.63, 3.8) is 0 Å². The monoisotopic (exact) mass is 275 g/mol. The maximum absolute atomic E-state index is 9.00. The predicted molar refractivity (Wildman–Crippen MR) is 74.4 cm³/mol. The molecule has 0 aliphatic carbocycles. The van der Waals surface area contributed by atoms with E-state index in [4.69, 9.17) is 22.6 Å². The van der Waals surface area contributed by atoms with Crippen LogP contribution in [0.2, 0.25) is 5.02 Å². The van der Waals surface area contributed by atoms with Crippen LogP contribution in [0, 0.1) is 11.3 Å². The Morgan fingerprint density at radius 2 is 2.06 bits per heavy atom. The molecule has 2 N–H and O–H groups in total. The smallest absolute Gasteiger partial charge is 0.114 e. The third-order valence-electron chi connectivity index (χ3n) is 2.28. The highest BCUT2D eigenvalue weighted by Gasteiger charge is 2.05. The maximum Gasteiger partial charge on any atom is 0.114 e.